The molecule has 1 amide bonds. The molecule has 1 unspecified atom stereocenters. The maximum Gasteiger partial charge on any atom is 0.221 e. The lowest BCUT2D eigenvalue weighted by atomic mass is 10.2. The van der Waals surface area contributed by atoms with E-state index in [1.807, 2.05) is 4.68 Å². The van der Waals surface area contributed by atoms with Crippen molar-refractivity contribution in [2.45, 2.75) is 45.8 Å². The number of carbonyl (C=O) groups is 1. The Morgan fingerprint density at radius 2 is 2.33 bits per heavy atom. The summed E-state index contributed by atoms with van der Waals surface area (Å²) < 4.78 is 3.11. The molecule has 0 spiro atoms. The third kappa shape index (κ3) is 2.75. The quantitative estimate of drug-likeness (QED) is 0.858. The van der Waals surface area contributed by atoms with Gasteiger partial charge in [0.25, 0.3) is 0 Å². The van der Waals surface area contributed by atoms with Gasteiger partial charge in [-0.05, 0) is 29.3 Å². The zero-order chi connectivity index (χ0) is 13.1. The molecule has 5 nitrogen and oxygen atoms in total. The topological polar surface area (TPSA) is 59.0 Å². The molecule has 1 atom stereocenters. The van der Waals surface area contributed by atoms with Crippen molar-refractivity contribution in [3.05, 3.63) is 15.9 Å². The van der Waals surface area contributed by atoms with Gasteiger partial charge in [0, 0.05) is 32.1 Å². The van der Waals surface area contributed by atoms with Crippen molar-refractivity contribution in [2.75, 3.05) is 6.54 Å². The highest BCUT2D eigenvalue weighted by Gasteiger charge is 2.22. The Hall–Kier alpha value is -0.880. The molecule has 2 heterocycles. The SMILES string of the molecule is CCc1nn(CC)c(CNC2CNC(=O)C2)c1Br. The van der Waals surface area contributed by atoms with Crippen LogP contribution in [0.4, 0.5) is 0 Å². The number of hydrogen-bond donors (Lipinski definition) is 2. The molecule has 1 fully saturated rings. The highest BCUT2D eigenvalue weighted by molar-refractivity contribution is 9.10. The fourth-order valence-corrected chi connectivity index (χ4v) is 2.88. The fraction of sp³-hybridized carbons (Fsp3) is 0.667. The summed E-state index contributed by atoms with van der Waals surface area (Å²) >= 11 is 3.62. The van der Waals surface area contributed by atoms with Gasteiger partial charge in [0.1, 0.15) is 0 Å². The van der Waals surface area contributed by atoms with E-state index in [4.69, 9.17) is 0 Å². The molecule has 1 saturated heterocycles. The predicted molar refractivity (Wildman–Crippen MR) is 73.2 cm³/mol. The number of rotatable bonds is 5. The van der Waals surface area contributed by atoms with Crippen molar-refractivity contribution in [3.8, 4) is 0 Å². The third-order valence-electron chi connectivity index (χ3n) is 3.23. The summed E-state index contributed by atoms with van der Waals surface area (Å²) in [4.78, 5) is 11.1. The second kappa shape index (κ2) is 5.84. The molecule has 0 saturated carbocycles. The minimum atomic E-state index is 0.129. The molecular formula is C12H19BrN4O. The molecule has 6 heteroatoms. The Balaban J connectivity index is 2.04. The van der Waals surface area contributed by atoms with E-state index in [1.165, 1.54) is 0 Å². The second-order valence-electron chi connectivity index (χ2n) is 4.46. The van der Waals surface area contributed by atoms with Gasteiger partial charge in [-0.2, -0.15) is 5.10 Å². The summed E-state index contributed by atoms with van der Waals surface area (Å²) in [5.74, 6) is 0.129. The molecule has 2 N–H and O–H groups in total. The summed E-state index contributed by atoms with van der Waals surface area (Å²) in [5.41, 5.74) is 2.25. The third-order valence-corrected chi connectivity index (χ3v) is 4.15. The zero-order valence-electron chi connectivity index (χ0n) is 10.8. The molecule has 2 rings (SSSR count). The van der Waals surface area contributed by atoms with E-state index in [0.29, 0.717) is 6.42 Å². The summed E-state index contributed by atoms with van der Waals surface area (Å²) in [6.45, 7) is 6.50. The lowest BCUT2D eigenvalue weighted by Gasteiger charge is -2.11. The van der Waals surface area contributed by atoms with Crippen molar-refractivity contribution < 1.29 is 4.79 Å². The van der Waals surface area contributed by atoms with Crippen LogP contribution in [0.25, 0.3) is 0 Å². The van der Waals surface area contributed by atoms with E-state index in [-0.39, 0.29) is 11.9 Å². The first kappa shape index (κ1) is 13.5. The standard InChI is InChI=1S/C12H19BrN4O/c1-3-9-12(13)10(17(4-2)16-9)7-14-8-5-11(18)15-6-8/h8,14H,3-7H2,1-2H3,(H,15,18). The Bertz CT molecular complexity index is 444. The second-order valence-corrected chi connectivity index (χ2v) is 5.26. The molecule has 1 aromatic rings. The van der Waals surface area contributed by atoms with Crippen LogP contribution in [-0.4, -0.2) is 28.3 Å². The highest BCUT2D eigenvalue weighted by Crippen LogP contribution is 2.22. The number of carbonyl (C=O) groups excluding carboxylic acids is 1. The van der Waals surface area contributed by atoms with Crippen LogP contribution < -0.4 is 10.6 Å². The minimum absolute atomic E-state index is 0.129. The van der Waals surface area contributed by atoms with Crippen LogP contribution in [0.2, 0.25) is 0 Å². The molecular weight excluding hydrogens is 296 g/mol. The van der Waals surface area contributed by atoms with E-state index in [9.17, 15) is 4.79 Å². The number of nitrogens with zero attached hydrogens (tertiary/aromatic N) is 2. The Labute approximate surface area is 115 Å². The van der Waals surface area contributed by atoms with Crippen LogP contribution in [0.15, 0.2) is 4.47 Å². The van der Waals surface area contributed by atoms with Gasteiger partial charge < -0.3 is 10.6 Å². The molecule has 0 bridgehead atoms. The number of nitrogens with one attached hydrogen (secondary N) is 2. The number of halogens is 1. The average Bonchev–Trinajstić information content (AvgIpc) is 2.91. The molecule has 0 aliphatic carbocycles. The van der Waals surface area contributed by atoms with E-state index >= 15 is 0 Å². The normalized spacial score (nSPS) is 19.3. The first-order valence-corrected chi connectivity index (χ1v) is 7.19. The molecule has 0 radical (unpaired) electrons. The van der Waals surface area contributed by atoms with Crippen LogP contribution in [0.5, 0.6) is 0 Å². The van der Waals surface area contributed by atoms with Crippen molar-refractivity contribution in [3.63, 3.8) is 0 Å². The van der Waals surface area contributed by atoms with Crippen molar-refractivity contribution in [2.24, 2.45) is 0 Å². The van der Waals surface area contributed by atoms with Gasteiger partial charge in [0.2, 0.25) is 5.91 Å². The van der Waals surface area contributed by atoms with Crippen LogP contribution in [0, 0.1) is 0 Å². The van der Waals surface area contributed by atoms with Crippen LogP contribution in [0.3, 0.4) is 0 Å². The lowest BCUT2D eigenvalue weighted by Crippen LogP contribution is -2.31. The Morgan fingerprint density at radius 1 is 1.56 bits per heavy atom. The number of amides is 1. The monoisotopic (exact) mass is 314 g/mol. The van der Waals surface area contributed by atoms with Crippen molar-refractivity contribution in [1.82, 2.24) is 20.4 Å². The smallest absolute Gasteiger partial charge is 0.221 e. The maximum atomic E-state index is 11.1. The molecule has 1 aliphatic heterocycles. The summed E-state index contributed by atoms with van der Waals surface area (Å²) in [6.07, 6.45) is 1.49. The van der Waals surface area contributed by atoms with E-state index in [0.717, 1.165) is 41.9 Å². The van der Waals surface area contributed by atoms with Gasteiger partial charge in [0.05, 0.1) is 15.9 Å². The first-order valence-electron chi connectivity index (χ1n) is 6.39. The molecule has 1 aliphatic rings. The molecule has 18 heavy (non-hydrogen) atoms. The van der Waals surface area contributed by atoms with Crippen LogP contribution in [-0.2, 0) is 24.3 Å². The van der Waals surface area contributed by atoms with E-state index in [2.05, 4.69) is 45.5 Å². The summed E-state index contributed by atoms with van der Waals surface area (Å²) in [6, 6.07) is 0.231. The van der Waals surface area contributed by atoms with E-state index < -0.39 is 0 Å². The zero-order valence-corrected chi connectivity index (χ0v) is 12.4. The number of hydrogen-bond acceptors (Lipinski definition) is 3. The predicted octanol–water partition coefficient (Wildman–Crippen LogP) is 1.21. The van der Waals surface area contributed by atoms with Gasteiger partial charge >= 0.3 is 0 Å². The fourth-order valence-electron chi connectivity index (χ4n) is 2.18. The number of aryl methyl sites for hydroxylation is 2. The first-order chi connectivity index (χ1) is 8.65. The number of aromatic nitrogens is 2. The van der Waals surface area contributed by atoms with Crippen LogP contribution in [0.1, 0.15) is 31.7 Å². The summed E-state index contributed by atoms with van der Waals surface area (Å²) in [5, 5.41) is 10.8. The summed E-state index contributed by atoms with van der Waals surface area (Å²) in [7, 11) is 0. The van der Waals surface area contributed by atoms with Gasteiger partial charge in [0.15, 0.2) is 0 Å². The van der Waals surface area contributed by atoms with Crippen molar-refractivity contribution >= 4 is 21.8 Å². The molecule has 1 aromatic heterocycles. The van der Waals surface area contributed by atoms with Crippen molar-refractivity contribution in [1.29, 1.82) is 0 Å². The maximum absolute atomic E-state index is 11.1. The Kier molecular flexibility index (Phi) is 4.40. The van der Waals surface area contributed by atoms with E-state index in [1.54, 1.807) is 0 Å². The van der Waals surface area contributed by atoms with Crippen LogP contribution >= 0.6 is 15.9 Å². The lowest BCUT2D eigenvalue weighted by molar-refractivity contribution is -0.119. The minimum Gasteiger partial charge on any atom is -0.354 e. The highest BCUT2D eigenvalue weighted by atomic mass is 79.9. The Morgan fingerprint density at radius 3 is 2.89 bits per heavy atom. The van der Waals surface area contributed by atoms with Gasteiger partial charge in [-0.1, -0.05) is 6.92 Å². The van der Waals surface area contributed by atoms with Gasteiger partial charge in [-0.25, -0.2) is 0 Å². The van der Waals surface area contributed by atoms with Gasteiger partial charge in [-0.3, -0.25) is 9.48 Å². The average molecular weight is 315 g/mol. The molecule has 0 aromatic carbocycles. The molecule has 100 valence electrons. The van der Waals surface area contributed by atoms with Gasteiger partial charge in [-0.15, -0.1) is 0 Å². The largest absolute Gasteiger partial charge is 0.354 e.